The van der Waals surface area contributed by atoms with E-state index in [2.05, 4.69) is 6.92 Å². The maximum atomic E-state index is 12.1. The molecule has 0 atom stereocenters. The zero-order chi connectivity index (χ0) is 17.4. The fourth-order valence-electron chi connectivity index (χ4n) is 2.36. The summed E-state index contributed by atoms with van der Waals surface area (Å²) in [6, 6.07) is 13.4. The Morgan fingerprint density at radius 1 is 0.958 bits per heavy atom. The lowest BCUT2D eigenvalue weighted by molar-refractivity contribution is -0.134. The SMILES string of the molecule is CCOc1ccc(CCC(=O)Oc2ccc(CC)cc2OC)cc1. The van der Waals surface area contributed by atoms with Gasteiger partial charge in [0.25, 0.3) is 0 Å². The van der Waals surface area contributed by atoms with E-state index >= 15 is 0 Å². The molecule has 24 heavy (non-hydrogen) atoms. The first-order valence-corrected chi connectivity index (χ1v) is 8.25. The van der Waals surface area contributed by atoms with Gasteiger partial charge in [0.15, 0.2) is 11.5 Å². The van der Waals surface area contributed by atoms with Gasteiger partial charge in [-0.1, -0.05) is 25.1 Å². The van der Waals surface area contributed by atoms with Crippen LogP contribution in [0.3, 0.4) is 0 Å². The number of carbonyl (C=O) groups excluding carboxylic acids is 1. The van der Waals surface area contributed by atoms with Gasteiger partial charge in [-0.15, -0.1) is 0 Å². The van der Waals surface area contributed by atoms with Gasteiger partial charge in [-0.3, -0.25) is 4.79 Å². The molecule has 0 N–H and O–H groups in total. The maximum absolute atomic E-state index is 12.1. The van der Waals surface area contributed by atoms with Crippen LogP contribution in [0.15, 0.2) is 42.5 Å². The predicted octanol–water partition coefficient (Wildman–Crippen LogP) is 4.19. The molecule has 2 aromatic carbocycles. The number of aryl methyl sites for hydroxylation is 2. The zero-order valence-electron chi connectivity index (χ0n) is 14.5. The topological polar surface area (TPSA) is 44.8 Å². The average Bonchev–Trinajstić information content (AvgIpc) is 2.61. The minimum absolute atomic E-state index is 0.272. The second-order valence-corrected chi connectivity index (χ2v) is 5.39. The molecular weight excluding hydrogens is 304 g/mol. The van der Waals surface area contributed by atoms with E-state index in [0.29, 0.717) is 30.9 Å². The molecule has 0 aliphatic rings. The third-order valence-electron chi connectivity index (χ3n) is 3.71. The van der Waals surface area contributed by atoms with Crippen molar-refractivity contribution in [3.8, 4) is 17.2 Å². The summed E-state index contributed by atoms with van der Waals surface area (Å²) >= 11 is 0. The summed E-state index contributed by atoms with van der Waals surface area (Å²) in [6.45, 7) is 4.66. The van der Waals surface area contributed by atoms with Crippen molar-refractivity contribution in [3.05, 3.63) is 53.6 Å². The first-order valence-electron chi connectivity index (χ1n) is 8.25. The van der Waals surface area contributed by atoms with Crippen LogP contribution in [0.1, 0.15) is 31.4 Å². The van der Waals surface area contributed by atoms with Crippen LogP contribution in [-0.2, 0) is 17.6 Å². The fourth-order valence-corrected chi connectivity index (χ4v) is 2.36. The highest BCUT2D eigenvalue weighted by molar-refractivity contribution is 5.73. The Kier molecular flexibility index (Phi) is 6.67. The molecule has 0 bridgehead atoms. The number of carbonyl (C=O) groups is 1. The summed E-state index contributed by atoms with van der Waals surface area (Å²) in [5, 5.41) is 0. The lowest BCUT2D eigenvalue weighted by Crippen LogP contribution is -2.10. The second kappa shape index (κ2) is 8.96. The molecule has 0 fully saturated rings. The number of rotatable bonds is 8. The Morgan fingerprint density at radius 3 is 2.29 bits per heavy atom. The van der Waals surface area contributed by atoms with Gasteiger partial charge in [-0.05, 0) is 55.2 Å². The van der Waals surface area contributed by atoms with Crippen molar-refractivity contribution in [1.82, 2.24) is 0 Å². The van der Waals surface area contributed by atoms with Gasteiger partial charge < -0.3 is 14.2 Å². The lowest BCUT2D eigenvalue weighted by Gasteiger charge is -2.10. The van der Waals surface area contributed by atoms with Crippen molar-refractivity contribution in [2.45, 2.75) is 33.1 Å². The van der Waals surface area contributed by atoms with Crippen molar-refractivity contribution in [2.75, 3.05) is 13.7 Å². The van der Waals surface area contributed by atoms with Gasteiger partial charge in [0.2, 0.25) is 0 Å². The first-order chi connectivity index (χ1) is 11.7. The van der Waals surface area contributed by atoms with Gasteiger partial charge in [-0.25, -0.2) is 0 Å². The highest BCUT2D eigenvalue weighted by Gasteiger charge is 2.11. The minimum atomic E-state index is -0.272. The van der Waals surface area contributed by atoms with Crippen molar-refractivity contribution in [1.29, 1.82) is 0 Å². The van der Waals surface area contributed by atoms with E-state index in [1.54, 1.807) is 13.2 Å². The highest BCUT2D eigenvalue weighted by atomic mass is 16.6. The van der Waals surface area contributed by atoms with Crippen molar-refractivity contribution in [3.63, 3.8) is 0 Å². The summed E-state index contributed by atoms with van der Waals surface area (Å²) < 4.78 is 16.1. The van der Waals surface area contributed by atoms with Gasteiger partial charge in [-0.2, -0.15) is 0 Å². The molecule has 0 aliphatic carbocycles. The largest absolute Gasteiger partial charge is 0.494 e. The molecular formula is C20H24O4. The third kappa shape index (κ3) is 5.01. The normalized spacial score (nSPS) is 10.3. The summed E-state index contributed by atoms with van der Waals surface area (Å²) in [7, 11) is 1.58. The summed E-state index contributed by atoms with van der Waals surface area (Å²) in [5.41, 5.74) is 2.21. The number of benzene rings is 2. The van der Waals surface area contributed by atoms with Crippen LogP contribution in [0, 0.1) is 0 Å². The Balaban J connectivity index is 1.91. The molecule has 0 aromatic heterocycles. The molecule has 0 saturated carbocycles. The predicted molar refractivity (Wildman–Crippen MR) is 93.9 cm³/mol. The average molecular weight is 328 g/mol. The Hall–Kier alpha value is -2.49. The van der Waals surface area contributed by atoms with Crippen LogP contribution in [0.25, 0.3) is 0 Å². The van der Waals surface area contributed by atoms with E-state index in [1.165, 1.54) is 0 Å². The molecule has 0 spiro atoms. The lowest BCUT2D eigenvalue weighted by atomic mass is 10.1. The van der Waals surface area contributed by atoms with Crippen LogP contribution in [0.4, 0.5) is 0 Å². The Morgan fingerprint density at radius 2 is 1.67 bits per heavy atom. The van der Waals surface area contributed by atoms with E-state index in [4.69, 9.17) is 14.2 Å². The number of ether oxygens (including phenoxy) is 3. The molecule has 2 rings (SSSR count). The van der Waals surface area contributed by atoms with Crippen LogP contribution in [-0.4, -0.2) is 19.7 Å². The standard InChI is InChI=1S/C20H24O4/c1-4-15-8-12-18(19(14-15)22-3)24-20(21)13-9-16-6-10-17(11-7-16)23-5-2/h6-8,10-12,14H,4-5,9,13H2,1-3H3. The first kappa shape index (κ1) is 17.9. The van der Waals surface area contributed by atoms with E-state index in [0.717, 1.165) is 23.3 Å². The summed E-state index contributed by atoms with van der Waals surface area (Å²) in [6.07, 6.45) is 1.84. The third-order valence-corrected chi connectivity index (χ3v) is 3.71. The summed E-state index contributed by atoms with van der Waals surface area (Å²) in [4.78, 5) is 12.1. The highest BCUT2D eigenvalue weighted by Crippen LogP contribution is 2.28. The quantitative estimate of drug-likeness (QED) is 0.538. The van der Waals surface area contributed by atoms with Gasteiger partial charge >= 0.3 is 5.97 Å². The van der Waals surface area contributed by atoms with Crippen LogP contribution < -0.4 is 14.2 Å². The number of hydrogen-bond donors (Lipinski definition) is 0. The van der Waals surface area contributed by atoms with Crippen LogP contribution in [0.2, 0.25) is 0 Å². The second-order valence-electron chi connectivity index (χ2n) is 5.39. The van der Waals surface area contributed by atoms with Gasteiger partial charge in [0, 0.05) is 6.42 Å². The van der Waals surface area contributed by atoms with E-state index in [9.17, 15) is 4.79 Å². The van der Waals surface area contributed by atoms with Crippen LogP contribution in [0.5, 0.6) is 17.2 Å². The molecule has 4 heteroatoms. The molecule has 0 saturated heterocycles. The van der Waals surface area contributed by atoms with Crippen LogP contribution >= 0.6 is 0 Å². The molecule has 0 heterocycles. The molecule has 0 radical (unpaired) electrons. The summed E-state index contributed by atoms with van der Waals surface area (Å²) in [5.74, 6) is 1.62. The molecule has 0 unspecified atom stereocenters. The number of esters is 1. The number of hydrogen-bond acceptors (Lipinski definition) is 4. The van der Waals surface area contributed by atoms with Crippen molar-refractivity contribution < 1.29 is 19.0 Å². The molecule has 2 aromatic rings. The van der Waals surface area contributed by atoms with Crippen molar-refractivity contribution >= 4 is 5.97 Å². The minimum Gasteiger partial charge on any atom is -0.494 e. The zero-order valence-corrected chi connectivity index (χ0v) is 14.5. The molecule has 4 nitrogen and oxygen atoms in total. The number of methoxy groups -OCH3 is 1. The molecule has 128 valence electrons. The smallest absolute Gasteiger partial charge is 0.311 e. The van der Waals surface area contributed by atoms with E-state index in [1.807, 2.05) is 43.3 Å². The van der Waals surface area contributed by atoms with Crippen molar-refractivity contribution in [2.24, 2.45) is 0 Å². The van der Waals surface area contributed by atoms with E-state index in [-0.39, 0.29) is 5.97 Å². The monoisotopic (exact) mass is 328 g/mol. The van der Waals surface area contributed by atoms with Gasteiger partial charge in [0.05, 0.1) is 13.7 Å². The fraction of sp³-hybridized carbons (Fsp3) is 0.350. The Bertz CT molecular complexity index is 662. The Labute approximate surface area is 143 Å². The maximum Gasteiger partial charge on any atom is 0.311 e. The molecule has 0 amide bonds. The van der Waals surface area contributed by atoms with Gasteiger partial charge in [0.1, 0.15) is 5.75 Å². The van der Waals surface area contributed by atoms with E-state index < -0.39 is 0 Å². The molecule has 0 aliphatic heterocycles.